The van der Waals surface area contributed by atoms with Crippen molar-refractivity contribution in [3.63, 3.8) is 0 Å². The van der Waals surface area contributed by atoms with Crippen molar-refractivity contribution in [3.8, 4) is 0 Å². The zero-order chi connectivity index (χ0) is 10.8. The van der Waals surface area contributed by atoms with Gasteiger partial charge in [-0.25, -0.2) is 4.98 Å². The van der Waals surface area contributed by atoms with Crippen molar-refractivity contribution in [2.24, 2.45) is 0 Å². The molecule has 82 valence electrons. The summed E-state index contributed by atoms with van der Waals surface area (Å²) in [5, 5.41) is 0. The zero-order valence-electron chi connectivity index (χ0n) is 9.95. The molecular weight excluding hydrogens is 184 g/mol. The SMILES string of the molecule is CC[C@H]1CCc2c(C)ccnc2N1CC. The fourth-order valence-corrected chi connectivity index (χ4v) is 2.60. The van der Waals surface area contributed by atoms with E-state index in [0.717, 1.165) is 6.54 Å². The fraction of sp³-hybridized carbons (Fsp3) is 0.615. The van der Waals surface area contributed by atoms with Crippen LogP contribution in [-0.2, 0) is 6.42 Å². The number of rotatable bonds is 2. The van der Waals surface area contributed by atoms with Crippen LogP contribution in [-0.4, -0.2) is 17.6 Å². The predicted octanol–water partition coefficient (Wildman–Crippen LogP) is 2.94. The molecular formula is C13H20N2. The van der Waals surface area contributed by atoms with Crippen molar-refractivity contribution in [3.05, 3.63) is 23.4 Å². The van der Waals surface area contributed by atoms with Gasteiger partial charge >= 0.3 is 0 Å². The van der Waals surface area contributed by atoms with E-state index < -0.39 is 0 Å². The van der Waals surface area contributed by atoms with Gasteiger partial charge in [-0.3, -0.25) is 0 Å². The lowest BCUT2D eigenvalue weighted by atomic mass is 9.94. The predicted molar refractivity (Wildman–Crippen MR) is 64.4 cm³/mol. The molecule has 2 nitrogen and oxygen atoms in total. The third-order valence-corrected chi connectivity index (χ3v) is 3.52. The average molecular weight is 204 g/mol. The second-order valence-electron chi connectivity index (χ2n) is 4.32. The van der Waals surface area contributed by atoms with E-state index >= 15 is 0 Å². The highest BCUT2D eigenvalue weighted by Gasteiger charge is 2.25. The molecule has 0 N–H and O–H groups in total. The average Bonchev–Trinajstić information content (AvgIpc) is 2.28. The standard InChI is InChI=1S/C13H20N2/c1-4-11-6-7-12-10(3)8-9-14-13(12)15(11)5-2/h8-9,11H,4-7H2,1-3H3/t11-/m0/s1. The highest BCUT2D eigenvalue weighted by atomic mass is 15.2. The largest absolute Gasteiger partial charge is 0.354 e. The minimum absolute atomic E-state index is 0.691. The first kappa shape index (κ1) is 10.5. The van der Waals surface area contributed by atoms with Crippen molar-refractivity contribution in [2.75, 3.05) is 11.4 Å². The molecule has 0 aliphatic carbocycles. The molecule has 1 aliphatic heterocycles. The van der Waals surface area contributed by atoms with Crippen LogP contribution in [0.5, 0.6) is 0 Å². The summed E-state index contributed by atoms with van der Waals surface area (Å²) in [6.45, 7) is 7.76. The molecule has 0 radical (unpaired) electrons. The van der Waals surface area contributed by atoms with Crippen LogP contribution in [0.15, 0.2) is 12.3 Å². The summed E-state index contributed by atoms with van der Waals surface area (Å²) in [4.78, 5) is 7.02. The first-order chi connectivity index (χ1) is 7.27. The van der Waals surface area contributed by atoms with Gasteiger partial charge in [0.05, 0.1) is 0 Å². The summed E-state index contributed by atoms with van der Waals surface area (Å²) < 4.78 is 0. The summed E-state index contributed by atoms with van der Waals surface area (Å²) in [5.41, 5.74) is 2.86. The maximum absolute atomic E-state index is 4.56. The van der Waals surface area contributed by atoms with E-state index in [4.69, 9.17) is 0 Å². The third-order valence-electron chi connectivity index (χ3n) is 3.52. The van der Waals surface area contributed by atoms with Crippen molar-refractivity contribution >= 4 is 5.82 Å². The molecule has 0 unspecified atom stereocenters. The molecule has 0 aromatic carbocycles. The molecule has 0 amide bonds. The zero-order valence-corrected chi connectivity index (χ0v) is 9.95. The van der Waals surface area contributed by atoms with Gasteiger partial charge in [-0.2, -0.15) is 0 Å². The van der Waals surface area contributed by atoms with E-state index in [9.17, 15) is 0 Å². The van der Waals surface area contributed by atoms with Gasteiger partial charge in [0.2, 0.25) is 0 Å². The van der Waals surface area contributed by atoms with Gasteiger partial charge in [0, 0.05) is 18.8 Å². The normalized spacial score (nSPS) is 20.2. The molecule has 2 rings (SSSR count). The van der Waals surface area contributed by atoms with Crippen LogP contribution >= 0.6 is 0 Å². The number of nitrogens with zero attached hydrogens (tertiary/aromatic N) is 2. The first-order valence-corrected chi connectivity index (χ1v) is 5.99. The smallest absolute Gasteiger partial charge is 0.132 e. The molecule has 1 aromatic rings. The lowest BCUT2D eigenvalue weighted by Gasteiger charge is -2.37. The first-order valence-electron chi connectivity index (χ1n) is 5.99. The van der Waals surface area contributed by atoms with Gasteiger partial charge in [0.1, 0.15) is 5.82 Å². The molecule has 1 atom stereocenters. The second kappa shape index (κ2) is 4.21. The minimum Gasteiger partial charge on any atom is -0.354 e. The number of pyridine rings is 1. The molecule has 2 heteroatoms. The van der Waals surface area contributed by atoms with E-state index in [2.05, 4.69) is 36.7 Å². The summed E-state index contributed by atoms with van der Waals surface area (Å²) in [7, 11) is 0. The lowest BCUT2D eigenvalue weighted by molar-refractivity contribution is 0.514. The number of fused-ring (bicyclic) bond motifs is 1. The monoisotopic (exact) mass is 204 g/mol. The van der Waals surface area contributed by atoms with Crippen LogP contribution in [0.4, 0.5) is 5.82 Å². The fourth-order valence-electron chi connectivity index (χ4n) is 2.60. The Kier molecular flexibility index (Phi) is 2.94. The van der Waals surface area contributed by atoms with E-state index in [1.165, 1.54) is 36.2 Å². The molecule has 0 saturated carbocycles. The van der Waals surface area contributed by atoms with Gasteiger partial charge in [-0.15, -0.1) is 0 Å². The van der Waals surface area contributed by atoms with Gasteiger partial charge in [0.25, 0.3) is 0 Å². The number of aromatic nitrogens is 1. The van der Waals surface area contributed by atoms with Crippen LogP contribution in [0.25, 0.3) is 0 Å². The molecule has 2 heterocycles. The summed E-state index contributed by atoms with van der Waals surface area (Å²) >= 11 is 0. The highest BCUT2D eigenvalue weighted by molar-refractivity contribution is 5.53. The molecule has 0 fully saturated rings. The van der Waals surface area contributed by atoms with Crippen molar-refractivity contribution in [1.82, 2.24) is 4.98 Å². The van der Waals surface area contributed by atoms with Crippen LogP contribution in [0.2, 0.25) is 0 Å². The Morgan fingerprint density at radius 3 is 2.93 bits per heavy atom. The number of hydrogen-bond donors (Lipinski definition) is 0. The van der Waals surface area contributed by atoms with Gasteiger partial charge in [-0.1, -0.05) is 6.92 Å². The van der Waals surface area contributed by atoms with Gasteiger partial charge in [-0.05, 0) is 50.3 Å². The summed E-state index contributed by atoms with van der Waals surface area (Å²) in [6.07, 6.45) is 5.64. The van der Waals surface area contributed by atoms with Crippen LogP contribution in [0.1, 0.15) is 37.8 Å². The lowest BCUT2D eigenvalue weighted by Crippen LogP contribution is -2.39. The van der Waals surface area contributed by atoms with Crippen molar-refractivity contribution < 1.29 is 0 Å². The van der Waals surface area contributed by atoms with Crippen LogP contribution in [0.3, 0.4) is 0 Å². The molecule has 1 aliphatic rings. The van der Waals surface area contributed by atoms with Gasteiger partial charge < -0.3 is 4.90 Å². The molecule has 1 aromatic heterocycles. The summed E-state index contributed by atoms with van der Waals surface area (Å²) in [6, 6.07) is 2.82. The topological polar surface area (TPSA) is 16.1 Å². The van der Waals surface area contributed by atoms with E-state index in [-0.39, 0.29) is 0 Å². The highest BCUT2D eigenvalue weighted by Crippen LogP contribution is 2.31. The van der Waals surface area contributed by atoms with Gasteiger partial charge in [0.15, 0.2) is 0 Å². The van der Waals surface area contributed by atoms with Crippen LogP contribution in [0, 0.1) is 6.92 Å². The van der Waals surface area contributed by atoms with E-state index in [0.29, 0.717) is 6.04 Å². The van der Waals surface area contributed by atoms with Crippen molar-refractivity contribution in [1.29, 1.82) is 0 Å². The maximum Gasteiger partial charge on any atom is 0.132 e. The Labute approximate surface area is 92.3 Å². The molecule has 0 saturated heterocycles. The maximum atomic E-state index is 4.56. The summed E-state index contributed by atoms with van der Waals surface area (Å²) in [5.74, 6) is 1.23. The number of anilines is 1. The van der Waals surface area contributed by atoms with E-state index in [1.54, 1.807) is 0 Å². The Balaban J connectivity index is 2.41. The molecule has 0 spiro atoms. The number of aryl methyl sites for hydroxylation is 1. The quantitative estimate of drug-likeness (QED) is 0.736. The Morgan fingerprint density at radius 1 is 1.47 bits per heavy atom. The van der Waals surface area contributed by atoms with Crippen molar-refractivity contribution in [2.45, 2.75) is 46.1 Å². The van der Waals surface area contributed by atoms with E-state index in [1.807, 2.05) is 6.20 Å². The Hall–Kier alpha value is -1.05. The van der Waals surface area contributed by atoms with Crippen LogP contribution < -0.4 is 4.90 Å². The second-order valence-corrected chi connectivity index (χ2v) is 4.32. The Bertz CT molecular complexity index is 346. The Morgan fingerprint density at radius 2 is 2.27 bits per heavy atom. The minimum atomic E-state index is 0.691. The molecule has 15 heavy (non-hydrogen) atoms. The molecule has 0 bridgehead atoms. The number of hydrogen-bond acceptors (Lipinski definition) is 2. The third kappa shape index (κ3) is 1.73.